The molecule has 164 valence electrons. The SMILES string of the molecule is C#Cc1cccc(N2C(=O)[C@@H]3C4C=CC([C@H]3C2=O)[C@@H]2C(=O)N(c3cccc(C#C)c3)C(=O)[C@H]42)c1. The predicted octanol–water partition coefficient (Wildman–Crippen LogP) is 2.38. The van der Waals surface area contributed by atoms with Gasteiger partial charge in [0.05, 0.1) is 35.0 Å². The van der Waals surface area contributed by atoms with E-state index in [2.05, 4.69) is 11.8 Å². The lowest BCUT2D eigenvalue weighted by Crippen LogP contribution is -2.50. The van der Waals surface area contributed by atoms with Gasteiger partial charge in [0.2, 0.25) is 23.6 Å². The topological polar surface area (TPSA) is 74.8 Å². The van der Waals surface area contributed by atoms with Crippen LogP contribution in [0.15, 0.2) is 60.7 Å². The minimum atomic E-state index is -0.688. The standard InChI is InChI=1S/C28H18N2O4/c1-3-15-7-5-9-17(13-15)29-25(31)21-19-11-12-20(22(21)26(29)32)24-23(19)27(33)30(28(24)34)18-10-6-8-16(4-2)14-18/h1-2,5-14,19-24H/t19?,20?,21-,22-,23-,24+/m1/s1. The molecule has 0 radical (unpaired) electrons. The summed E-state index contributed by atoms with van der Waals surface area (Å²) in [6, 6.07) is 13.4. The van der Waals surface area contributed by atoms with E-state index >= 15 is 0 Å². The van der Waals surface area contributed by atoms with E-state index in [4.69, 9.17) is 12.8 Å². The molecule has 2 aromatic carbocycles. The van der Waals surface area contributed by atoms with Crippen molar-refractivity contribution in [2.75, 3.05) is 9.80 Å². The van der Waals surface area contributed by atoms with Crippen molar-refractivity contribution in [2.45, 2.75) is 0 Å². The van der Waals surface area contributed by atoms with E-state index in [9.17, 15) is 19.2 Å². The number of nitrogens with zero attached hydrogens (tertiary/aromatic N) is 2. The van der Waals surface area contributed by atoms with Crippen molar-refractivity contribution in [2.24, 2.45) is 35.5 Å². The highest BCUT2D eigenvalue weighted by Gasteiger charge is 2.68. The molecular formula is C28H18N2O4. The lowest BCUT2D eigenvalue weighted by atomic mass is 9.54. The number of allylic oxidation sites excluding steroid dienone is 2. The Kier molecular flexibility index (Phi) is 4.18. The highest BCUT2D eigenvalue weighted by Crippen LogP contribution is 2.58. The maximum atomic E-state index is 13.5. The molecule has 1 saturated carbocycles. The number of terminal acetylenes is 2. The molecule has 7 rings (SSSR count). The summed E-state index contributed by atoms with van der Waals surface area (Å²) in [6.07, 6.45) is 14.7. The van der Waals surface area contributed by atoms with E-state index in [0.29, 0.717) is 22.5 Å². The summed E-state index contributed by atoms with van der Waals surface area (Å²) in [5.74, 6) is -0.191. The molecule has 0 aromatic heterocycles. The Balaban J connectivity index is 1.40. The minimum absolute atomic E-state index is 0.352. The van der Waals surface area contributed by atoms with E-state index < -0.39 is 35.5 Å². The van der Waals surface area contributed by atoms with E-state index in [1.807, 2.05) is 12.2 Å². The molecule has 3 fully saturated rings. The van der Waals surface area contributed by atoms with Crippen molar-refractivity contribution in [1.82, 2.24) is 0 Å². The van der Waals surface area contributed by atoms with Gasteiger partial charge in [-0.25, -0.2) is 9.80 Å². The first-order valence-corrected chi connectivity index (χ1v) is 11.0. The van der Waals surface area contributed by atoms with Gasteiger partial charge >= 0.3 is 0 Å². The highest BCUT2D eigenvalue weighted by atomic mass is 16.2. The summed E-state index contributed by atoms with van der Waals surface area (Å²) in [4.78, 5) is 56.5. The van der Waals surface area contributed by atoms with E-state index in [1.54, 1.807) is 48.5 Å². The van der Waals surface area contributed by atoms with E-state index in [-0.39, 0.29) is 23.6 Å². The fourth-order valence-electron chi connectivity index (χ4n) is 6.20. The second-order valence-electron chi connectivity index (χ2n) is 9.06. The third kappa shape index (κ3) is 2.48. The third-order valence-corrected chi connectivity index (χ3v) is 7.55. The molecule has 0 N–H and O–H groups in total. The molecule has 6 heteroatoms. The van der Waals surface area contributed by atoms with E-state index in [1.165, 1.54) is 9.80 Å². The molecule has 6 atom stereocenters. The molecule has 2 bridgehead atoms. The van der Waals surface area contributed by atoms with Crippen LogP contribution >= 0.6 is 0 Å². The fourth-order valence-corrected chi connectivity index (χ4v) is 6.20. The zero-order valence-electron chi connectivity index (χ0n) is 17.9. The van der Waals surface area contributed by atoms with Crippen LogP contribution in [0.3, 0.4) is 0 Å². The van der Waals surface area contributed by atoms with Crippen molar-refractivity contribution in [3.05, 3.63) is 71.8 Å². The lowest BCUT2D eigenvalue weighted by Gasteiger charge is -2.44. The molecule has 6 nitrogen and oxygen atoms in total. The average Bonchev–Trinajstić information content (AvgIpc) is 3.31. The smallest absolute Gasteiger partial charge is 0.238 e. The summed E-state index contributed by atoms with van der Waals surface area (Å²) >= 11 is 0. The number of carbonyl (C=O) groups is 4. The Morgan fingerprint density at radius 2 is 0.941 bits per heavy atom. The second kappa shape index (κ2) is 7.04. The normalized spacial score (nSPS) is 30.9. The summed E-state index contributed by atoms with van der Waals surface area (Å²) in [5.41, 5.74) is 1.94. The fraction of sp³-hybridized carbons (Fsp3) is 0.214. The quantitative estimate of drug-likeness (QED) is 0.403. The van der Waals surface area contributed by atoms with Gasteiger partial charge in [-0.1, -0.05) is 36.1 Å². The van der Waals surface area contributed by atoms with Gasteiger partial charge in [0.1, 0.15) is 0 Å². The van der Waals surface area contributed by atoms with Crippen LogP contribution in [0.2, 0.25) is 0 Å². The summed E-state index contributed by atoms with van der Waals surface area (Å²) in [7, 11) is 0. The molecule has 2 aromatic rings. The van der Waals surface area contributed by atoms with Crippen LogP contribution in [0.1, 0.15) is 11.1 Å². The van der Waals surface area contributed by atoms with Crippen molar-refractivity contribution < 1.29 is 19.2 Å². The third-order valence-electron chi connectivity index (χ3n) is 7.55. The number of amides is 4. The molecule has 5 aliphatic rings. The zero-order chi connectivity index (χ0) is 23.7. The van der Waals surface area contributed by atoms with Crippen LogP contribution in [0.25, 0.3) is 0 Å². The molecule has 2 aliphatic heterocycles. The number of rotatable bonds is 2. The van der Waals surface area contributed by atoms with Crippen LogP contribution in [0.5, 0.6) is 0 Å². The Morgan fingerprint density at radius 1 is 0.588 bits per heavy atom. The first-order chi connectivity index (χ1) is 16.5. The van der Waals surface area contributed by atoms with Crippen LogP contribution in [-0.4, -0.2) is 23.6 Å². The molecule has 3 aliphatic carbocycles. The number of imide groups is 2. The van der Waals surface area contributed by atoms with Crippen molar-refractivity contribution >= 4 is 35.0 Å². The Labute approximate surface area is 196 Å². The van der Waals surface area contributed by atoms with Crippen molar-refractivity contribution in [1.29, 1.82) is 0 Å². The largest absolute Gasteiger partial charge is 0.274 e. The van der Waals surface area contributed by atoms with Crippen LogP contribution < -0.4 is 9.80 Å². The number of benzene rings is 2. The van der Waals surface area contributed by atoms with Crippen LogP contribution in [-0.2, 0) is 19.2 Å². The van der Waals surface area contributed by atoms with Gasteiger partial charge in [0.15, 0.2) is 0 Å². The Bertz CT molecular complexity index is 1270. The van der Waals surface area contributed by atoms with Gasteiger partial charge < -0.3 is 0 Å². The van der Waals surface area contributed by atoms with Crippen molar-refractivity contribution in [3.63, 3.8) is 0 Å². The predicted molar refractivity (Wildman–Crippen MR) is 124 cm³/mol. The molecule has 2 heterocycles. The number of hydrogen-bond acceptors (Lipinski definition) is 4. The molecule has 2 unspecified atom stereocenters. The van der Waals surface area contributed by atoms with Gasteiger partial charge in [-0.2, -0.15) is 0 Å². The number of carbonyl (C=O) groups excluding carboxylic acids is 4. The van der Waals surface area contributed by atoms with Crippen molar-refractivity contribution in [3.8, 4) is 24.7 Å². The van der Waals surface area contributed by atoms with Crippen LogP contribution in [0.4, 0.5) is 11.4 Å². The summed E-state index contributed by atoms with van der Waals surface area (Å²) in [5, 5.41) is 0. The Hall–Kier alpha value is -4.42. The van der Waals surface area contributed by atoms with Crippen LogP contribution in [0, 0.1) is 60.2 Å². The first kappa shape index (κ1) is 20.2. The highest BCUT2D eigenvalue weighted by molar-refractivity contribution is 6.26. The number of anilines is 2. The first-order valence-electron chi connectivity index (χ1n) is 11.0. The van der Waals surface area contributed by atoms with Gasteiger partial charge in [0, 0.05) is 23.0 Å². The van der Waals surface area contributed by atoms with Gasteiger partial charge in [-0.3, -0.25) is 19.2 Å². The maximum absolute atomic E-state index is 13.5. The number of hydrogen-bond donors (Lipinski definition) is 0. The second-order valence-corrected chi connectivity index (χ2v) is 9.06. The monoisotopic (exact) mass is 446 g/mol. The minimum Gasteiger partial charge on any atom is -0.274 e. The zero-order valence-corrected chi connectivity index (χ0v) is 17.9. The summed E-state index contributed by atoms with van der Waals surface area (Å²) < 4.78 is 0. The summed E-state index contributed by atoms with van der Waals surface area (Å²) in [6.45, 7) is 0. The van der Waals surface area contributed by atoms with Gasteiger partial charge in [-0.05, 0) is 36.4 Å². The average molecular weight is 446 g/mol. The van der Waals surface area contributed by atoms with Gasteiger partial charge in [0.25, 0.3) is 0 Å². The molecule has 0 spiro atoms. The lowest BCUT2D eigenvalue weighted by molar-refractivity contribution is -0.137. The molecular weight excluding hydrogens is 428 g/mol. The molecule has 2 saturated heterocycles. The van der Waals surface area contributed by atoms with Gasteiger partial charge in [-0.15, -0.1) is 12.8 Å². The van der Waals surface area contributed by atoms with E-state index in [0.717, 1.165) is 0 Å². The maximum Gasteiger partial charge on any atom is 0.238 e. The molecule has 4 amide bonds. The Morgan fingerprint density at radius 3 is 1.26 bits per heavy atom. The molecule has 34 heavy (non-hydrogen) atoms.